The minimum Gasteiger partial charge on any atom is -0.349 e. The number of rotatable bonds is 6. The van der Waals surface area contributed by atoms with Gasteiger partial charge in [0.15, 0.2) is 0 Å². The number of carbonyl (C=O) groups excluding carboxylic acids is 1. The van der Waals surface area contributed by atoms with Gasteiger partial charge < -0.3 is 5.32 Å². The molecule has 150 valence electrons. The lowest BCUT2D eigenvalue weighted by Crippen LogP contribution is -2.17. The summed E-state index contributed by atoms with van der Waals surface area (Å²) in [6.45, 7) is 4.54. The summed E-state index contributed by atoms with van der Waals surface area (Å²) in [5.41, 5.74) is 4.52. The van der Waals surface area contributed by atoms with E-state index in [1.54, 1.807) is 23.1 Å². The van der Waals surface area contributed by atoms with Crippen molar-refractivity contribution in [1.29, 1.82) is 0 Å². The van der Waals surface area contributed by atoms with E-state index in [1.165, 1.54) is 5.56 Å². The molecule has 7 nitrogen and oxygen atoms in total. The van der Waals surface area contributed by atoms with Crippen LogP contribution in [-0.2, 0) is 6.54 Å². The molecule has 2 aromatic carbocycles. The zero-order chi connectivity index (χ0) is 20.9. The van der Waals surface area contributed by atoms with Crippen LogP contribution in [0.2, 0.25) is 0 Å². The van der Waals surface area contributed by atoms with Gasteiger partial charge in [-0.3, -0.25) is 15.1 Å². The zero-order valence-corrected chi connectivity index (χ0v) is 16.8. The first-order valence-electron chi connectivity index (χ1n) is 9.64. The van der Waals surface area contributed by atoms with Crippen molar-refractivity contribution in [3.63, 3.8) is 0 Å². The summed E-state index contributed by atoms with van der Waals surface area (Å²) >= 11 is 0. The van der Waals surface area contributed by atoms with Gasteiger partial charge in [-0.2, -0.15) is 9.67 Å². The Morgan fingerprint density at radius 2 is 1.73 bits per heavy atom. The van der Waals surface area contributed by atoms with E-state index in [1.807, 2.05) is 49.4 Å². The fraction of sp³-hybridized carbons (Fsp3) is 0.130. The van der Waals surface area contributed by atoms with Crippen molar-refractivity contribution in [2.45, 2.75) is 20.4 Å². The molecule has 1 amide bonds. The number of aromatic nitrogens is 4. The molecule has 0 aliphatic carbocycles. The van der Waals surface area contributed by atoms with E-state index in [9.17, 15) is 4.79 Å². The van der Waals surface area contributed by atoms with Gasteiger partial charge in [0.1, 0.15) is 0 Å². The molecule has 0 atom stereocenters. The quantitative estimate of drug-likeness (QED) is 0.510. The van der Waals surface area contributed by atoms with Crippen molar-refractivity contribution < 1.29 is 4.79 Å². The highest BCUT2D eigenvalue weighted by Crippen LogP contribution is 2.18. The molecule has 2 heterocycles. The molecule has 0 unspecified atom stereocenters. The van der Waals surface area contributed by atoms with Crippen LogP contribution in [0.15, 0.2) is 73.1 Å². The monoisotopic (exact) mass is 398 g/mol. The molecular weight excluding hydrogens is 376 g/mol. The predicted octanol–water partition coefficient (Wildman–Crippen LogP) is 4.14. The number of nitrogens with one attached hydrogen (secondary N) is 2. The lowest BCUT2D eigenvalue weighted by Gasteiger charge is -2.08. The Hall–Kier alpha value is -4.00. The van der Waals surface area contributed by atoms with E-state index in [0.717, 1.165) is 11.1 Å². The number of carbonyl (C=O) groups is 1. The second-order valence-corrected chi connectivity index (χ2v) is 6.93. The Morgan fingerprint density at radius 3 is 2.47 bits per heavy atom. The maximum Gasteiger partial charge on any atom is 0.258 e. The molecule has 0 saturated heterocycles. The Kier molecular flexibility index (Phi) is 5.52. The molecular formula is C23H22N6O. The third-order valence-corrected chi connectivity index (χ3v) is 4.81. The summed E-state index contributed by atoms with van der Waals surface area (Å²) < 4.78 is 1.57. The minimum atomic E-state index is -0.240. The average molecular weight is 398 g/mol. The fourth-order valence-corrected chi connectivity index (χ4v) is 3.11. The average Bonchev–Trinajstić information content (AvgIpc) is 3.16. The molecule has 4 rings (SSSR count). The van der Waals surface area contributed by atoms with Gasteiger partial charge in [-0.15, -0.1) is 5.10 Å². The third-order valence-electron chi connectivity index (χ3n) is 4.81. The Bertz CT molecular complexity index is 1170. The molecule has 0 bridgehead atoms. The van der Waals surface area contributed by atoms with E-state index in [-0.39, 0.29) is 5.91 Å². The third kappa shape index (κ3) is 4.20. The molecule has 0 spiro atoms. The Morgan fingerprint density at radius 1 is 0.967 bits per heavy atom. The molecule has 2 N–H and O–H groups in total. The number of amides is 1. The first-order valence-corrected chi connectivity index (χ1v) is 9.64. The number of aryl methyl sites for hydroxylation is 2. The SMILES string of the molecule is Cc1ccccc1CNc1nc(NC(=O)c2ccccc2C)n(-c2cccnc2)n1. The molecule has 7 heteroatoms. The highest BCUT2D eigenvalue weighted by Gasteiger charge is 2.16. The predicted molar refractivity (Wildman–Crippen MR) is 117 cm³/mol. The second-order valence-electron chi connectivity index (χ2n) is 6.93. The first-order chi connectivity index (χ1) is 14.6. The number of hydrogen-bond donors (Lipinski definition) is 2. The number of benzene rings is 2. The van der Waals surface area contributed by atoms with Gasteiger partial charge in [-0.05, 0) is 48.7 Å². The second kappa shape index (κ2) is 8.57. The van der Waals surface area contributed by atoms with E-state index >= 15 is 0 Å². The van der Waals surface area contributed by atoms with Crippen LogP contribution >= 0.6 is 0 Å². The maximum atomic E-state index is 12.8. The standard InChI is InChI=1S/C23H22N6O/c1-16-8-3-5-10-18(16)14-25-22-27-23(29(28-22)19-11-7-13-24-15-19)26-21(30)20-12-6-4-9-17(20)2/h3-13,15H,14H2,1-2H3,(H2,25,26,27,28,30). The summed E-state index contributed by atoms with van der Waals surface area (Å²) in [7, 11) is 0. The van der Waals surface area contributed by atoms with Gasteiger partial charge in [0, 0.05) is 18.3 Å². The van der Waals surface area contributed by atoms with Crippen molar-refractivity contribution in [2.75, 3.05) is 10.6 Å². The number of pyridine rings is 1. The van der Waals surface area contributed by atoms with Crippen molar-refractivity contribution >= 4 is 17.8 Å². The van der Waals surface area contributed by atoms with E-state index in [0.29, 0.717) is 29.7 Å². The minimum absolute atomic E-state index is 0.240. The van der Waals surface area contributed by atoms with Crippen LogP contribution in [0, 0.1) is 13.8 Å². The normalized spacial score (nSPS) is 10.6. The molecule has 30 heavy (non-hydrogen) atoms. The zero-order valence-electron chi connectivity index (χ0n) is 16.8. The lowest BCUT2D eigenvalue weighted by atomic mass is 10.1. The molecule has 0 radical (unpaired) electrons. The van der Waals surface area contributed by atoms with Crippen molar-refractivity contribution in [2.24, 2.45) is 0 Å². The van der Waals surface area contributed by atoms with Gasteiger partial charge >= 0.3 is 0 Å². The summed E-state index contributed by atoms with van der Waals surface area (Å²) in [4.78, 5) is 21.5. The lowest BCUT2D eigenvalue weighted by molar-refractivity contribution is 0.102. The van der Waals surface area contributed by atoms with Crippen LogP contribution in [-0.4, -0.2) is 25.7 Å². The van der Waals surface area contributed by atoms with Gasteiger partial charge in [0.25, 0.3) is 5.91 Å². The van der Waals surface area contributed by atoms with Crippen LogP contribution in [0.4, 0.5) is 11.9 Å². The molecule has 0 fully saturated rings. The van der Waals surface area contributed by atoms with Crippen molar-refractivity contribution in [3.05, 3.63) is 95.3 Å². The van der Waals surface area contributed by atoms with Crippen LogP contribution < -0.4 is 10.6 Å². The van der Waals surface area contributed by atoms with Crippen molar-refractivity contribution in [1.82, 2.24) is 19.7 Å². The molecule has 0 saturated carbocycles. The van der Waals surface area contributed by atoms with Gasteiger partial charge in [0.05, 0.1) is 11.9 Å². The van der Waals surface area contributed by atoms with E-state index in [4.69, 9.17) is 0 Å². The fourth-order valence-electron chi connectivity index (χ4n) is 3.11. The van der Waals surface area contributed by atoms with Gasteiger partial charge in [0.2, 0.25) is 11.9 Å². The maximum absolute atomic E-state index is 12.8. The van der Waals surface area contributed by atoms with Gasteiger partial charge in [-0.25, -0.2) is 0 Å². The molecule has 0 aliphatic heterocycles. The molecule has 4 aromatic rings. The number of hydrogen-bond acceptors (Lipinski definition) is 5. The first kappa shape index (κ1) is 19.3. The summed E-state index contributed by atoms with van der Waals surface area (Å²) in [6, 6.07) is 19.2. The summed E-state index contributed by atoms with van der Waals surface area (Å²) in [5.74, 6) is 0.502. The molecule has 2 aromatic heterocycles. The largest absolute Gasteiger partial charge is 0.349 e. The van der Waals surface area contributed by atoms with Crippen LogP contribution in [0.1, 0.15) is 27.0 Å². The Labute approximate surface area is 174 Å². The highest BCUT2D eigenvalue weighted by atomic mass is 16.1. The van der Waals surface area contributed by atoms with E-state index < -0.39 is 0 Å². The highest BCUT2D eigenvalue weighted by molar-refractivity contribution is 6.04. The number of anilines is 2. The van der Waals surface area contributed by atoms with Crippen LogP contribution in [0.5, 0.6) is 0 Å². The van der Waals surface area contributed by atoms with Gasteiger partial charge in [-0.1, -0.05) is 42.5 Å². The summed E-state index contributed by atoms with van der Waals surface area (Å²) in [5, 5.41) is 10.7. The summed E-state index contributed by atoms with van der Waals surface area (Å²) in [6.07, 6.45) is 3.35. The smallest absolute Gasteiger partial charge is 0.258 e. The number of nitrogens with zero attached hydrogens (tertiary/aromatic N) is 4. The van der Waals surface area contributed by atoms with Crippen molar-refractivity contribution in [3.8, 4) is 5.69 Å². The topological polar surface area (TPSA) is 84.7 Å². The van der Waals surface area contributed by atoms with Crippen LogP contribution in [0.25, 0.3) is 5.69 Å². The molecule has 0 aliphatic rings. The Balaban J connectivity index is 1.62. The van der Waals surface area contributed by atoms with Crippen LogP contribution in [0.3, 0.4) is 0 Å². The van der Waals surface area contributed by atoms with E-state index in [2.05, 4.69) is 44.8 Å².